The second-order valence-corrected chi connectivity index (χ2v) is 5.58. The molecule has 0 aliphatic heterocycles. The standard InChI is InChI=1S/C11H15FN2S/c1-11(2)4-3-8(5-11)10-13-6-9(15-12)7-14-10/h6-8H,3-5H2,1-2H3. The highest BCUT2D eigenvalue weighted by Crippen LogP contribution is 2.44. The highest BCUT2D eigenvalue weighted by Gasteiger charge is 2.33. The maximum atomic E-state index is 12.2. The van der Waals surface area contributed by atoms with Gasteiger partial charge in [-0.1, -0.05) is 13.8 Å². The first-order valence-corrected chi connectivity index (χ1v) is 5.93. The summed E-state index contributed by atoms with van der Waals surface area (Å²) < 4.78 is 12.2. The van der Waals surface area contributed by atoms with Crippen molar-refractivity contribution in [3.63, 3.8) is 0 Å². The molecule has 15 heavy (non-hydrogen) atoms. The number of halogens is 1. The van der Waals surface area contributed by atoms with Gasteiger partial charge in [0, 0.05) is 18.3 Å². The molecule has 1 aromatic rings. The van der Waals surface area contributed by atoms with Gasteiger partial charge in [0.1, 0.15) is 5.82 Å². The van der Waals surface area contributed by atoms with E-state index in [9.17, 15) is 3.89 Å². The Morgan fingerprint density at radius 2 is 2.07 bits per heavy atom. The molecule has 1 saturated carbocycles. The molecule has 0 N–H and O–H groups in total. The molecular weight excluding hydrogens is 211 g/mol. The van der Waals surface area contributed by atoms with E-state index >= 15 is 0 Å². The van der Waals surface area contributed by atoms with E-state index < -0.39 is 0 Å². The van der Waals surface area contributed by atoms with Crippen molar-refractivity contribution in [1.29, 1.82) is 0 Å². The van der Waals surface area contributed by atoms with E-state index in [1.54, 1.807) is 12.4 Å². The zero-order chi connectivity index (χ0) is 10.9. The van der Waals surface area contributed by atoms with Crippen LogP contribution in [-0.4, -0.2) is 9.97 Å². The molecule has 4 heteroatoms. The van der Waals surface area contributed by atoms with Gasteiger partial charge in [-0.25, -0.2) is 9.97 Å². The highest BCUT2D eigenvalue weighted by atomic mass is 32.2. The molecule has 0 radical (unpaired) electrons. The third-order valence-corrected chi connectivity index (χ3v) is 3.46. The summed E-state index contributed by atoms with van der Waals surface area (Å²) >= 11 is 0.195. The van der Waals surface area contributed by atoms with E-state index in [1.165, 1.54) is 6.42 Å². The first-order valence-electron chi connectivity index (χ1n) is 5.21. The van der Waals surface area contributed by atoms with Crippen LogP contribution in [0.1, 0.15) is 44.9 Å². The Hall–Kier alpha value is -0.640. The van der Waals surface area contributed by atoms with Gasteiger partial charge in [0.25, 0.3) is 0 Å². The minimum atomic E-state index is 0.195. The molecule has 1 atom stereocenters. The van der Waals surface area contributed by atoms with Crippen LogP contribution in [0, 0.1) is 5.41 Å². The summed E-state index contributed by atoms with van der Waals surface area (Å²) in [5.74, 6) is 1.33. The van der Waals surface area contributed by atoms with E-state index in [1.807, 2.05) is 0 Å². The van der Waals surface area contributed by atoms with Crippen molar-refractivity contribution in [2.45, 2.75) is 43.9 Å². The van der Waals surface area contributed by atoms with Crippen LogP contribution in [0.15, 0.2) is 17.3 Å². The summed E-state index contributed by atoms with van der Waals surface area (Å²) in [6.45, 7) is 4.55. The van der Waals surface area contributed by atoms with Gasteiger partial charge in [-0.2, -0.15) is 3.89 Å². The van der Waals surface area contributed by atoms with Crippen molar-refractivity contribution in [1.82, 2.24) is 9.97 Å². The van der Waals surface area contributed by atoms with Crippen LogP contribution in [0.3, 0.4) is 0 Å². The summed E-state index contributed by atoms with van der Waals surface area (Å²) in [5, 5.41) is 0. The Morgan fingerprint density at radius 3 is 2.53 bits per heavy atom. The van der Waals surface area contributed by atoms with E-state index in [2.05, 4.69) is 23.8 Å². The van der Waals surface area contributed by atoms with Crippen LogP contribution >= 0.6 is 12.1 Å². The van der Waals surface area contributed by atoms with Crippen molar-refractivity contribution in [3.05, 3.63) is 18.2 Å². The molecular formula is C11H15FN2S. The molecule has 1 unspecified atom stereocenters. The Balaban J connectivity index is 2.11. The lowest BCUT2D eigenvalue weighted by Crippen LogP contribution is -2.06. The fraction of sp³-hybridized carbons (Fsp3) is 0.636. The molecule has 0 amide bonds. The van der Waals surface area contributed by atoms with Gasteiger partial charge >= 0.3 is 0 Å². The third kappa shape index (κ3) is 2.48. The highest BCUT2D eigenvalue weighted by molar-refractivity contribution is 7.94. The van der Waals surface area contributed by atoms with Crippen molar-refractivity contribution in [2.24, 2.45) is 5.41 Å². The Kier molecular flexibility index (Phi) is 2.96. The van der Waals surface area contributed by atoms with Gasteiger partial charge < -0.3 is 0 Å². The van der Waals surface area contributed by atoms with Crippen molar-refractivity contribution in [2.75, 3.05) is 0 Å². The average molecular weight is 226 g/mol. The quantitative estimate of drug-likeness (QED) is 0.768. The summed E-state index contributed by atoms with van der Waals surface area (Å²) in [7, 11) is 0. The van der Waals surface area contributed by atoms with Gasteiger partial charge in [-0.3, -0.25) is 0 Å². The molecule has 1 aromatic heterocycles. The van der Waals surface area contributed by atoms with Crippen LogP contribution in [0.4, 0.5) is 3.89 Å². The van der Waals surface area contributed by atoms with E-state index in [0.29, 0.717) is 16.2 Å². The summed E-state index contributed by atoms with van der Waals surface area (Å²) in [4.78, 5) is 8.93. The number of nitrogens with zero attached hydrogens (tertiary/aromatic N) is 2. The normalized spacial score (nSPS) is 24.3. The van der Waals surface area contributed by atoms with Gasteiger partial charge in [0.2, 0.25) is 0 Å². The van der Waals surface area contributed by atoms with E-state index in [0.717, 1.165) is 18.7 Å². The minimum absolute atomic E-state index is 0.195. The lowest BCUT2D eigenvalue weighted by molar-refractivity contribution is 0.374. The molecule has 82 valence electrons. The van der Waals surface area contributed by atoms with Crippen LogP contribution in [0.5, 0.6) is 0 Å². The Morgan fingerprint density at radius 1 is 1.40 bits per heavy atom. The SMILES string of the molecule is CC1(C)CCC(c2ncc(SF)cn2)C1. The maximum absolute atomic E-state index is 12.2. The second kappa shape index (κ2) is 4.08. The average Bonchev–Trinajstić information content (AvgIpc) is 2.59. The van der Waals surface area contributed by atoms with Crippen LogP contribution in [0.2, 0.25) is 0 Å². The minimum Gasteiger partial charge on any atom is -0.240 e. The van der Waals surface area contributed by atoms with E-state index in [4.69, 9.17) is 0 Å². The first-order chi connectivity index (χ1) is 7.11. The molecule has 1 heterocycles. The van der Waals surface area contributed by atoms with Gasteiger partial charge in [-0.05, 0) is 24.7 Å². The lowest BCUT2D eigenvalue weighted by atomic mass is 9.90. The summed E-state index contributed by atoms with van der Waals surface area (Å²) in [6, 6.07) is 0. The largest absolute Gasteiger partial charge is 0.240 e. The topological polar surface area (TPSA) is 25.8 Å². The van der Waals surface area contributed by atoms with Crippen LogP contribution < -0.4 is 0 Å². The molecule has 0 aromatic carbocycles. The molecule has 2 rings (SSSR count). The zero-order valence-electron chi connectivity index (χ0n) is 9.03. The molecule has 0 bridgehead atoms. The number of hydrogen-bond acceptors (Lipinski definition) is 3. The smallest absolute Gasteiger partial charge is 0.131 e. The van der Waals surface area contributed by atoms with Gasteiger partial charge in [0.15, 0.2) is 0 Å². The second-order valence-electron chi connectivity index (χ2n) is 4.96. The fourth-order valence-corrected chi connectivity index (χ4v) is 2.42. The third-order valence-electron chi connectivity index (χ3n) is 3.07. The predicted octanol–water partition coefficient (Wildman–Crippen LogP) is 3.75. The molecule has 1 aliphatic rings. The van der Waals surface area contributed by atoms with Crippen molar-refractivity contribution >= 4 is 12.1 Å². The predicted molar refractivity (Wildman–Crippen MR) is 59.4 cm³/mol. The monoisotopic (exact) mass is 226 g/mol. The Labute approximate surface area is 94.0 Å². The number of aromatic nitrogens is 2. The van der Waals surface area contributed by atoms with Gasteiger partial charge in [-0.15, -0.1) is 0 Å². The lowest BCUT2D eigenvalue weighted by Gasteiger charge is -2.16. The molecule has 1 fully saturated rings. The fourth-order valence-electron chi connectivity index (χ4n) is 2.23. The summed E-state index contributed by atoms with van der Waals surface area (Å²) in [6.07, 6.45) is 6.64. The van der Waals surface area contributed by atoms with Crippen LogP contribution in [0.25, 0.3) is 0 Å². The Bertz CT molecular complexity index is 337. The number of rotatable bonds is 2. The van der Waals surface area contributed by atoms with Gasteiger partial charge in [0.05, 0.1) is 17.0 Å². The molecule has 2 nitrogen and oxygen atoms in total. The molecule has 0 saturated heterocycles. The zero-order valence-corrected chi connectivity index (χ0v) is 9.85. The maximum Gasteiger partial charge on any atom is 0.131 e. The molecule has 0 spiro atoms. The van der Waals surface area contributed by atoms with E-state index in [-0.39, 0.29) is 12.1 Å². The first kappa shape index (κ1) is 10.9. The van der Waals surface area contributed by atoms with Crippen molar-refractivity contribution in [3.8, 4) is 0 Å². The molecule has 1 aliphatic carbocycles. The number of hydrogen-bond donors (Lipinski definition) is 0. The van der Waals surface area contributed by atoms with Crippen LogP contribution in [-0.2, 0) is 0 Å². The summed E-state index contributed by atoms with van der Waals surface area (Å²) in [5.41, 5.74) is 0.404. The van der Waals surface area contributed by atoms with Crippen molar-refractivity contribution < 1.29 is 3.89 Å².